The highest BCUT2D eigenvalue weighted by molar-refractivity contribution is 6.30. The number of fused-ring (bicyclic) bond motifs is 1. The van der Waals surface area contributed by atoms with Crippen LogP contribution in [0.1, 0.15) is 18.4 Å². The summed E-state index contributed by atoms with van der Waals surface area (Å²) in [6.07, 6.45) is 1.69. The Morgan fingerprint density at radius 2 is 1.92 bits per heavy atom. The van der Waals surface area contributed by atoms with Gasteiger partial charge in [-0.05, 0) is 48.7 Å². The normalized spacial score (nSPS) is 16.6. The largest absolute Gasteiger partial charge is 0.454 e. The average Bonchev–Trinajstić information content (AvgIpc) is 3.14. The predicted molar refractivity (Wildman–Crippen MR) is 101 cm³/mol. The topological polar surface area (TPSA) is 50.8 Å². The summed E-state index contributed by atoms with van der Waals surface area (Å²) in [5.74, 6) is 1.67. The molecule has 0 aromatic heterocycles. The molecule has 0 atom stereocenters. The van der Waals surface area contributed by atoms with E-state index in [1.807, 2.05) is 36.4 Å². The maximum atomic E-state index is 12.5. The summed E-state index contributed by atoms with van der Waals surface area (Å²) >= 11 is 6.07. The van der Waals surface area contributed by atoms with Crippen LogP contribution in [0.25, 0.3) is 0 Å². The van der Waals surface area contributed by atoms with Crippen molar-refractivity contribution in [3.63, 3.8) is 0 Å². The van der Waals surface area contributed by atoms with Crippen LogP contribution < -0.4 is 19.7 Å². The van der Waals surface area contributed by atoms with E-state index in [0.717, 1.165) is 53.7 Å². The molecular formula is C20H21ClN2O3. The van der Waals surface area contributed by atoms with E-state index in [2.05, 4.69) is 16.3 Å². The Kier molecular flexibility index (Phi) is 4.89. The number of hydrogen-bond acceptors (Lipinski definition) is 4. The Morgan fingerprint density at radius 3 is 2.73 bits per heavy atom. The first-order valence-corrected chi connectivity index (χ1v) is 9.23. The zero-order valence-corrected chi connectivity index (χ0v) is 15.2. The van der Waals surface area contributed by atoms with E-state index in [0.29, 0.717) is 6.54 Å². The van der Waals surface area contributed by atoms with Gasteiger partial charge >= 0.3 is 0 Å². The van der Waals surface area contributed by atoms with Gasteiger partial charge in [0.05, 0.1) is 0 Å². The third kappa shape index (κ3) is 3.73. The van der Waals surface area contributed by atoms with Gasteiger partial charge in [-0.1, -0.05) is 23.7 Å². The van der Waals surface area contributed by atoms with Crippen LogP contribution in [0, 0.1) is 5.92 Å². The molecule has 0 radical (unpaired) electrons. The molecule has 2 aliphatic rings. The molecule has 1 saturated heterocycles. The Bertz CT molecular complexity index is 803. The Hall–Kier alpha value is -2.40. The fourth-order valence-corrected chi connectivity index (χ4v) is 3.64. The number of halogens is 1. The van der Waals surface area contributed by atoms with Crippen LogP contribution in [0.5, 0.6) is 11.5 Å². The average molecular weight is 373 g/mol. The van der Waals surface area contributed by atoms with Gasteiger partial charge in [-0.15, -0.1) is 0 Å². The lowest BCUT2D eigenvalue weighted by Crippen LogP contribution is -2.40. The third-order valence-electron chi connectivity index (χ3n) is 4.94. The number of nitrogens with one attached hydrogen (secondary N) is 1. The molecule has 6 heteroatoms. The van der Waals surface area contributed by atoms with Crippen LogP contribution in [0.2, 0.25) is 5.02 Å². The molecule has 1 fully saturated rings. The molecule has 0 bridgehead atoms. The summed E-state index contributed by atoms with van der Waals surface area (Å²) in [5.41, 5.74) is 2.13. The predicted octanol–water partition coefficient (Wildman–Crippen LogP) is 3.60. The molecular weight excluding hydrogens is 352 g/mol. The molecule has 2 heterocycles. The van der Waals surface area contributed by atoms with Crippen LogP contribution in [-0.2, 0) is 11.3 Å². The molecule has 0 unspecified atom stereocenters. The van der Waals surface area contributed by atoms with Crippen molar-refractivity contribution in [2.75, 3.05) is 24.8 Å². The van der Waals surface area contributed by atoms with Gasteiger partial charge in [0.15, 0.2) is 11.5 Å². The summed E-state index contributed by atoms with van der Waals surface area (Å²) in [7, 11) is 0. The van der Waals surface area contributed by atoms with Gasteiger partial charge in [-0.2, -0.15) is 0 Å². The summed E-state index contributed by atoms with van der Waals surface area (Å²) in [4.78, 5) is 14.8. The van der Waals surface area contributed by atoms with Crippen molar-refractivity contribution in [3.8, 4) is 11.5 Å². The Labute approximate surface area is 157 Å². The number of piperidine rings is 1. The van der Waals surface area contributed by atoms with Gasteiger partial charge in [0, 0.05) is 36.3 Å². The van der Waals surface area contributed by atoms with Crippen molar-refractivity contribution in [2.24, 2.45) is 5.92 Å². The van der Waals surface area contributed by atoms with E-state index in [1.54, 1.807) is 0 Å². The number of carbonyl (C=O) groups excluding carboxylic acids is 1. The zero-order chi connectivity index (χ0) is 17.9. The van der Waals surface area contributed by atoms with Crippen molar-refractivity contribution in [1.29, 1.82) is 0 Å². The van der Waals surface area contributed by atoms with E-state index in [1.165, 1.54) is 0 Å². The summed E-state index contributed by atoms with van der Waals surface area (Å²) in [6, 6.07) is 13.6. The number of rotatable bonds is 4. The molecule has 2 aromatic carbocycles. The maximum Gasteiger partial charge on any atom is 0.231 e. The van der Waals surface area contributed by atoms with E-state index >= 15 is 0 Å². The van der Waals surface area contributed by atoms with Crippen molar-refractivity contribution < 1.29 is 14.3 Å². The van der Waals surface area contributed by atoms with Gasteiger partial charge in [0.25, 0.3) is 0 Å². The van der Waals surface area contributed by atoms with Crippen LogP contribution in [0.3, 0.4) is 0 Å². The van der Waals surface area contributed by atoms with Gasteiger partial charge in [-0.3, -0.25) is 4.79 Å². The number of anilines is 1. The molecule has 2 aromatic rings. The number of hydrogen-bond donors (Lipinski definition) is 1. The molecule has 0 spiro atoms. The molecule has 4 rings (SSSR count). The van der Waals surface area contributed by atoms with Crippen LogP contribution in [0.4, 0.5) is 5.69 Å². The van der Waals surface area contributed by atoms with E-state index in [4.69, 9.17) is 21.1 Å². The molecule has 0 aliphatic carbocycles. The minimum atomic E-state index is 0.0550. The van der Waals surface area contributed by atoms with Crippen LogP contribution in [0.15, 0.2) is 42.5 Å². The Morgan fingerprint density at radius 1 is 1.12 bits per heavy atom. The van der Waals surface area contributed by atoms with Crippen LogP contribution in [-0.4, -0.2) is 25.8 Å². The summed E-state index contributed by atoms with van der Waals surface area (Å²) < 4.78 is 10.7. The van der Waals surface area contributed by atoms with Gasteiger partial charge < -0.3 is 19.7 Å². The number of carbonyl (C=O) groups is 1. The van der Waals surface area contributed by atoms with E-state index < -0.39 is 0 Å². The number of benzene rings is 2. The zero-order valence-electron chi connectivity index (χ0n) is 14.4. The molecule has 5 nitrogen and oxygen atoms in total. The number of amides is 1. The molecule has 1 N–H and O–H groups in total. The van der Waals surface area contributed by atoms with Crippen LogP contribution >= 0.6 is 11.6 Å². The molecule has 0 saturated carbocycles. The molecule has 136 valence electrons. The van der Waals surface area contributed by atoms with Gasteiger partial charge in [-0.25, -0.2) is 0 Å². The van der Waals surface area contributed by atoms with Crippen molar-refractivity contribution in [2.45, 2.75) is 19.4 Å². The lowest BCUT2D eigenvalue weighted by Gasteiger charge is -2.33. The monoisotopic (exact) mass is 372 g/mol. The second-order valence-corrected chi connectivity index (χ2v) is 7.08. The fraction of sp³-hybridized carbons (Fsp3) is 0.350. The first-order chi connectivity index (χ1) is 12.7. The SMILES string of the molecule is O=C(NCc1ccc2c(c1)OCO2)C1CCN(c2cccc(Cl)c2)CC1. The number of ether oxygens (including phenoxy) is 2. The van der Waals surface area contributed by atoms with Crippen molar-refractivity contribution in [3.05, 3.63) is 53.1 Å². The van der Waals surface area contributed by atoms with Gasteiger partial charge in [0.1, 0.15) is 0 Å². The minimum Gasteiger partial charge on any atom is -0.454 e. The van der Waals surface area contributed by atoms with Crippen molar-refractivity contribution in [1.82, 2.24) is 5.32 Å². The third-order valence-corrected chi connectivity index (χ3v) is 5.18. The number of nitrogens with zero attached hydrogens (tertiary/aromatic N) is 1. The quantitative estimate of drug-likeness (QED) is 0.890. The van der Waals surface area contributed by atoms with E-state index in [-0.39, 0.29) is 18.6 Å². The molecule has 26 heavy (non-hydrogen) atoms. The first-order valence-electron chi connectivity index (χ1n) is 8.86. The summed E-state index contributed by atoms with van der Waals surface area (Å²) in [6.45, 7) is 2.49. The second-order valence-electron chi connectivity index (χ2n) is 6.65. The highest BCUT2D eigenvalue weighted by Gasteiger charge is 2.25. The van der Waals surface area contributed by atoms with Crippen molar-refractivity contribution >= 4 is 23.2 Å². The highest BCUT2D eigenvalue weighted by atomic mass is 35.5. The summed E-state index contributed by atoms with van der Waals surface area (Å²) in [5, 5.41) is 3.79. The fourth-order valence-electron chi connectivity index (χ4n) is 3.46. The molecule has 2 aliphatic heterocycles. The first kappa shape index (κ1) is 17.0. The standard InChI is InChI=1S/C20H21ClN2O3/c21-16-2-1-3-17(11-16)23-8-6-15(7-9-23)20(24)22-12-14-4-5-18-19(10-14)26-13-25-18/h1-5,10-11,15H,6-9,12-13H2,(H,22,24). The Balaban J connectivity index is 1.28. The maximum absolute atomic E-state index is 12.5. The minimum absolute atomic E-state index is 0.0550. The van der Waals surface area contributed by atoms with E-state index in [9.17, 15) is 4.79 Å². The highest BCUT2D eigenvalue weighted by Crippen LogP contribution is 2.32. The molecule has 1 amide bonds. The second kappa shape index (κ2) is 7.46. The van der Waals surface area contributed by atoms with Gasteiger partial charge in [0.2, 0.25) is 12.7 Å². The lowest BCUT2D eigenvalue weighted by atomic mass is 9.95. The smallest absolute Gasteiger partial charge is 0.231 e. The lowest BCUT2D eigenvalue weighted by molar-refractivity contribution is -0.125.